The fraction of sp³-hybridized carbons (Fsp3) is 0.517. The molecule has 5 nitrogen and oxygen atoms in total. The molecule has 1 aromatic carbocycles. The molecule has 0 bridgehead atoms. The molecular formula is C29H40N4O. The van der Waals surface area contributed by atoms with Crippen molar-refractivity contribution in [2.24, 2.45) is 5.92 Å². The van der Waals surface area contributed by atoms with Gasteiger partial charge in [0.1, 0.15) is 0 Å². The topological polar surface area (TPSA) is 61.0 Å². The van der Waals surface area contributed by atoms with Crippen molar-refractivity contribution < 1.29 is 4.79 Å². The van der Waals surface area contributed by atoms with Crippen LogP contribution in [0.15, 0.2) is 30.3 Å². The van der Waals surface area contributed by atoms with Crippen molar-refractivity contribution in [2.75, 3.05) is 26.2 Å². The van der Waals surface area contributed by atoms with Crippen LogP contribution in [0.4, 0.5) is 0 Å². The highest BCUT2D eigenvalue weighted by Crippen LogP contribution is 2.38. The molecule has 3 aromatic rings. The number of nitrogens with zero attached hydrogens (tertiary/aromatic N) is 2. The summed E-state index contributed by atoms with van der Waals surface area (Å²) in [6, 6.07) is 11.3. The molecular weight excluding hydrogens is 420 g/mol. The number of aromatic amines is 1. The summed E-state index contributed by atoms with van der Waals surface area (Å²) < 4.78 is 0. The maximum Gasteiger partial charge on any atom is 0.236 e. The normalized spacial score (nSPS) is 15.1. The average Bonchev–Trinajstić information content (AvgIpc) is 3.17. The van der Waals surface area contributed by atoms with Gasteiger partial charge in [0.15, 0.2) is 0 Å². The van der Waals surface area contributed by atoms with Gasteiger partial charge in [-0.3, -0.25) is 9.78 Å². The molecule has 0 radical (unpaired) electrons. The highest BCUT2D eigenvalue weighted by molar-refractivity contribution is 5.92. The van der Waals surface area contributed by atoms with E-state index in [0.29, 0.717) is 24.3 Å². The van der Waals surface area contributed by atoms with Crippen LogP contribution in [-0.4, -0.2) is 47.0 Å². The van der Waals surface area contributed by atoms with Crippen molar-refractivity contribution >= 4 is 16.8 Å². The van der Waals surface area contributed by atoms with Gasteiger partial charge in [-0.2, -0.15) is 0 Å². The quantitative estimate of drug-likeness (QED) is 0.460. The van der Waals surface area contributed by atoms with Crippen molar-refractivity contribution in [1.82, 2.24) is 20.2 Å². The lowest BCUT2D eigenvalue weighted by Crippen LogP contribution is -2.43. The summed E-state index contributed by atoms with van der Waals surface area (Å²) in [5, 5.41) is 4.61. The number of nitrogens with one attached hydrogen (secondary N) is 2. The number of pyridine rings is 1. The Morgan fingerprint density at radius 1 is 1.09 bits per heavy atom. The van der Waals surface area contributed by atoms with Crippen molar-refractivity contribution in [3.8, 4) is 11.3 Å². The van der Waals surface area contributed by atoms with Gasteiger partial charge in [-0.1, -0.05) is 33.8 Å². The Bertz CT molecular complexity index is 1130. The van der Waals surface area contributed by atoms with E-state index in [1.807, 2.05) is 4.90 Å². The van der Waals surface area contributed by atoms with Crippen LogP contribution in [-0.2, 0) is 4.79 Å². The summed E-state index contributed by atoms with van der Waals surface area (Å²) in [6.07, 6.45) is 2.05. The Morgan fingerprint density at radius 2 is 1.76 bits per heavy atom. The third kappa shape index (κ3) is 5.35. The van der Waals surface area contributed by atoms with Crippen molar-refractivity contribution in [3.05, 3.63) is 52.8 Å². The predicted octanol–water partition coefficient (Wildman–Crippen LogP) is 5.92. The molecule has 0 saturated carbocycles. The minimum Gasteiger partial charge on any atom is -0.354 e. The number of hydrogen-bond donors (Lipinski definition) is 2. The molecule has 4 rings (SSSR count). The number of amides is 1. The zero-order valence-corrected chi connectivity index (χ0v) is 21.7. The largest absolute Gasteiger partial charge is 0.354 e. The molecule has 1 fully saturated rings. The first kappa shape index (κ1) is 24.5. The molecule has 5 heteroatoms. The van der Waals surface area contributed by atoms with E-state index >= 15 is 0 Å². The summed E-state index contributed by atoms with van der Waals surface area (Å²) >= 11 is 0. The average molecular weight is 461 g/mol. The number of aryl methyl sites for hydroxylation is 2. The molecule has 1 aliphatic rings. The highest BCUT2D eigenvalue weighted by atomic mass is 16.2. The van der Waals surface area contributed by atoms with Crippen LogP contribution in [0.3, 0.4) is 0 Å². The second kappa shape index (κ2) is 10.3. The lowest BCUT2D eigenvalue weighted by atomic mass is 9.87. The zero-order valence-electron chi connectivity index (χ0n) is 21.7. The standard InChI is InChI=1S/C29H40N4O/c1-18(2)16-30-17-27(34)33-11-9-22(10-12-33)23-7-8-26-25(15-23)28(19(3)4)29(32-26)24-13-20(5)31-21(6)14-24/h7-8,13-15,18-19,22,30,32H,9-12,16-17H2,1-6H3. The van der Waals surface area contributed by atoms with E-state index in [1.165, 1.54) is 33.3 Å². The third-order valence-electron chi connectivity index (χ3n) is 6.96. The molecule has 182 valence electrons. The van der Waals surface area contributed by atoms with Gasteiger partial charge in [-0.05, 0) is 86.4 Å². The highest BCUT2D eigenvalue weighted by Gasteiger charge is 2.25. The lowest BCUT2D eigenvalue weighted by Gasteiger charge is -2.32. The van der Waals surface area contributed by atoms with E-state index in [1.54, 1.807) is 0 Å². The minimum atomic E-state index is 0.231. The molecule has 3 heterocycles. The van der Waals surface area contributed by atoms with Gasteiger partial charge in [0.2, 0.25) is 5.91 Å². The van der Waals surface area contributed by atoms with Crippen LogP contribution in [0.25, 0.3) is 22.2 Å². The zero-order chi connectivity index (χ0) is 24.4. The number of carbonyl (C=O) groups is 1. The Labute approximate surface area is 204 Å². The van der Waals surface area contributed by atoms with Gasteiger partial charge in [0.05, 0.1) is 12.2 Å². The van der Waals surface area contributed by atoms with Crippen LogP contribution in [0.2, 0.25) is 0 Å². The molecule has 0 spiro atoms. The van der Waals surface area contributed by atoms with Gasteiger partial charge in [-0.25, -0.2) is 0 Å². The molecule has 34 heavy (non-hydrogen) atoms. The minimum absolute atomic E-state index is 0.231. The summed E-state index contributed by atoms with van der Waals surface area (Å²) in [5.74, 6) is 1.70. The molecule has 1 aliphatic heterocycles. The third-order valence-corrected chi connectivity index (χ3v) is 6.96. The van der Waals surface area contributed by atoms with Crippen LogP contribution >= 0.6 is 0 Å². The van der Waals surface area contributed by atoms with Crippen LogP contribution < -0.4 is 5.32 Å². The second-order valence-electron chi connectivity index (χ2n) is 10.7. The van der Waals surface area contributed by atoms with Crippen molar-refractivity contribution in [3.63, 3.8) is 0 Å². The van der Waals surface area contributed by atoms with E-state index in [2.05, 4.69) is 87.2 Å². The van der Waals surface area contributed by atoms with E-state index < -0.39 is 0 Å². The Morgan fingerprint density at radius 3 is 2.38 bits per heavy atom. The molecule has 0 aliphatic carbocycles. The van der Waals surface area contributed by atoms with E-state index in [9.17, 15) is 4.79 Å². The smallest absolute Gasteiger partial charge is 0.236 e. The summed E-state index contributed by atoms with van der Waals surface area (Å²) in [4.78, 5) is 22.9. The monoisotopic (exact) mass is 460 g/mol. The Balaban J connectivity index is 1.54. The van der Waals surface area contributed by atoms with E-state index in [0.717, 1.165) is 43.9 Å². The van der Waals surface area contributed by atoms with Crippen LogP contribution in [0, 0.1) is 19.8 Å². The van der Waals surface area contributed by atoms with E-state index in [4.69, 9.17) is 0 Å². The fourth-order valence-electron chi connectivity index (χ4n) is 5.33. The van der Waals surface area contributed by atoms with E-state index in [-0.39, 0.29) is 5.91 Å². The first-order valence-electron chi connectivity index (χ1n) is 12.8. The Kier molecular flexibility index (Phi) is 7.42. The lowest BCUT2D eigenvalue weighted by molar-refractivity contribution is -0.131. The molecule has 2 N–H and O–H groups in total. The molecule has 0 unspecified atom stereocenters. The maximum absolute atomic E-state index is 12.6. The van der Waals surface area contributed by atoms with Gasteiger partial charge in [0.25, 0.3) is 0 Å². The van der Waals surface area contributed by atoms with Crippen LogP contribution in [0.5, 0.6) is 0 Å². The number of likely N-dealkylation sites (tertiary alicyclic amines) is 1. The van der Waals surface area contributed by atoms with Crippen LogP contribution in [0.1, 0.15) is 74.9 Å². The fourth-order valence-corrected chi connectivity index (χ4v) is 5.33. The second-order valence-corrected chi connectivity index (χ2v) is 10.7. The number of carbonyl (C=O) groups excluding carboxylic acids is 1. The molecule has 1 amide bonds. The first-order valence-corrected chi connectivity index (χ1v) is 12.8. The summed E-state index contributed by atoms with van der Waals surface area (Å²) in [7, 11) is 0. The number of rotatable bonds is 7. The molecule has 2 aromatic heterocycles. The number of benzene rings is 1. The van der Waals surface area contributed by atoms with Gasteiger partial charge >= 0.3 is 0 Å². The predicted molar refractivity (Wildman–Crippen MR) is 141 cm³/mol. The van der Waals surface area contributed by atoms with Crippen molar-refractivity contribution in [1.29, 1.82) is 0 Å². The molecule has 0 atom stereocenters. The number of H-pyrrole nitrogens is 1. The number of piperidine rings is 1. The number of hydrogen-bond acceptors (Lipinski definition) is 3. The summed E-state index contributed by atoms with van der Waals surface area (Å²) in [5.41, 5.74) is 8.49. The molecule has 1 saturated heterocycles. The van der Waals surface area contributed by atoms with Gasteiger partial charge in [-0.15, -0.1) is 0 Å². The number of aromatic nitrogens is 2. The van der Waals surface area contributed by atoms with Crippen molar-refractivity contribution in [2.45, 2.75) is 66.2 Å². The first-order chi connectivity index (χ1) is 16.2. The SMILES string of the molecule is Cc1cc(-c2[nH]c3ccc(C4CCN(C(=O)CNCC(C)C)CC4)cc3c2C(C)C)cc(C)n1. The maximum atomic E-state index is 12.6. The van der Waals surface area contributed by atoms with Gasteiger partial charge in [0, 0.05) is 40.9 Å². The summed E-state index contributed by atoms with van der Waals surface area (Å²) in [6.45, 7) is 16.0. The Hall–Kier alpha value is -2.66. The van der Waals surface area contributed by atoms with Gasteiger partial charge < -0.3 is 15.2 Å². The number of fused-ring (bicyclic) bond motifs is 1.